The van der Waals surface area contributed by atoms with Crippen LogP contribution in [0.4, 0.5) is 4.39 Å². The molecule has 2 heterocycles. The molecule has 29 heavy (non-hydrogen) atoms. The molecule has 160 valence electrons. The Labute approximate surface area is 171 Å². The molecule has 3 unspecified atom stereocenters. The van der Waals surface area contributed by atoms with Crippen molar-refractivity contribution in [2.75, 3.05) is 60.1 Å². The molecule has 0 bridgehead atoms. The van der Waals surface area contributed by atoms with Crippen LogP contribution in [0.2, 0.25) is 0 Å². The van der Waals surface area contributed by atoms with Gasteiger partial charge in [-0.25, -0.2) is 4.39 Å². The summed E-state index contributed by atoms with van der Waals surface area (Å²) in [6.07, 6.45) is 0. The van der Waals surface area contributed by atoms with Gasteiger partial charge in [-0.15, -0.1) is 0 Å². The van der Waals surface area contributed by atoms with E-state index in [2.05, 4.69) is 27.0 Å². The molecular weight excluding hydrogens is 375 g/mol. The SMILES string of the molecule is CN=C(NCC(c1cccc(F)c1)N1CCOCC1)N1CC(C)C(C(=O)OC)C1. The quantitative estimate of drug-likeness (QED) is 0.454. The summed E-state index contributed by atoms with van der Waals surface area (Å²) in [7, 11) is 3.17. The van der Waals surface area contributed by atoms with Crippen LogP contribution in [-0.4, -0.2) is 81.8 Å². The summed E-state index contributed by atoms with van der Waals surface area (Å²) >= 11 is 0. The number of likely N-dealkylation sites (tertiary alicyclic amines) is 1. The van der Waals surface area contributed by atoms with Gasteiger partial charge in [-0.1, -0.05) is 19.1 Å². The van der Waals surface area contributed by atoms with Gasteiger partial charge in [-0.2, -0.15) is 0 Å². The van der Waals surface area contributed by atoms with Crippen molar-refractivity contribution >= 4 is 11.9 Å². The Hall–Kier alpha value is -2.19. The number of aliphatic imine (C=N–C) groups is 1. The number of hydrogen-bond acceptors (Lipinski definition) is 5. The van der Waals surface area contributed by atoms with E-state index < -0.39 is 0 Å². The van der Waals surface area contributed by atoms with E-state index in [9.17, 15) is 9.18 Å². The topological polar surface area (TPSA) is 66.4 Å². The third-order valence-corrected chi connectivity index (χ3v) is 5.80. The molecule has 1 aromatic rings. The molecule has 1 aromatic carbocycles. The molecule has 1 N–H and O–H groups in total. The minimum Gasteiger partial charge on any atom is -0.469 e. The van der Waals surface area contributed by atoms with Crippen LogP contribution in [0.1, 0.15) is 18.5 Å². The number of nitrogens with one attached hydrogen (secondary N) is 1. The van der Waals surface area contributed by atoms with Crippen LogP contribution in [0.15, 0.2) is 29.3 Å². The first kappa shape index (κ1) is 21.5. The molecular formula is C21H31FN4O3. The number of rotatable bonds is 5. The number of ether oxygens (including phenoxy) is 2. The Morgan fingerprint density at radius 3 is 2.79 bits per heavy atom. The summed E-state index contributed by atoms with van der Waals surface area (Å²) in [5, 5.41) is 3.44. The standard InChI is InChI=1S/C21H31FN4O3/c1-15-13-26(14-18(15)20(27)28-3)21(23-2)24-12-19(25-7-9-29-10-8-25)16-5-4-6-17(22)11-16/h4-6,11,15,18-19H,7-10,12-14H2,1-3H3,(H,23,24). The normalized spacial score (nSPS) is 24.4. The van der Waals surface area contributed by atoms with Crippen molar-refractivity contribution < 1.29 is 18.7 Å². The zero-order valence-corrected chi connectivity index (χ0v) is 17.4. The van der Waals surface area contributed by atoms with E-state index in [1.807, 2.05) is 6.07 Å². The van der Waals surface area contributed by atoms with Gasteiger partial charge in [-0.05, 0) is 23.6 Å². The van der Waals surface area contributed by atoms with Gasteiger partial charge in [0.25, 0.3) is 0 Å². The predicted molar refractivity (Wildman–Crippen MR) is 109 cm³/mol. The predicted octanol–water partition coefficient (Wildman–Crippen LogP) is 1.52. The Kier molecular flexibility index (Phi) is 7.44. The Balaban J connectivity index is 1.70. The number of nitrogens with zero attached hydrogens (tertiary/aromatic N) is 3. The molecule has 2 aliphatic rings. The van der Waals surface area contributed by atoms with Crippen molar-refractivity contribution in [1.82, 2.24) is 15.1 Å². The molecule has 0 amide bonds. The summed E-state index contributed by atoms with van der Waals surface area (Å²) in [5.74, 6) is 0.370. The molecule has 2 fully saturated rings. The lowest BCUT2D eigenvalue weighted by molar-refractivity contribution is -0.145. The lowest BCUT2D eigenvalue weighted by atomic mass is 9.99. The van der Waals surface area contributed by atoms with E-state index in [-0.39, 0.29) is 29.7 Å². The van der Waals surface area contributed by atoms with Crippen LogP contribution in [-0.2, 0) is 14.3 Å². The van der Waals surface area contributed by atoms with Crippen molar-refractivity contribution in [3.63, 3.8) is 0 Å². The minimum atomic E-state index is -0.237. The van der Waals surface area contributed by atoms with Crippen molar-refractivity contribution in [1.29, 1.82) is 0 Å². The molecule has 0 radical (unpaired) electrons. The van der Waals surface area contributed by atoms with E-state index in [4.69, 9.17) is 9.47 Å². The second-order valence-corrected chi connectivity index (χ2v) is 7.66. The van der Waals surface area contributed by atoms with Gasteiger partial charge in [0.1, 0.15) is 5.82 Å². The molecule has 0 aliphatic carbocycles. The van der Waals surface area contributed by atoms with Crippen molar-refractivity contribution in [2.45, 2.75) is 13.0 Å². The number of esters is 1. The molecule has 0 saturated carbocycles. The summed E-state index contributed by atoms with van der Waals surface area (Å²) < 4.78 is 24.3. The van der Waals surface area contributed by atoms with Crippen LogP contribution in [0.5, 0.6) is 0 Å². The second-order valence-electron chi connectivity index (χ2n) is 7.66. The molecule has 0 aromatic heterocycles. The molecule has 8 heteroatoms. The fraction of sp³-hybridized carbons (Fsp3) is 0.619. The second kappa shape index (κ2) is 10.0. The fourth-order valence-corrected chi connectivity index (χ4v) is 4.18. The average Bonchev–Trinajstić information content (AvgIpc) is 3.12. The van der Waals surface area contributed by atoms with E-state index in [1.165, 1.54) is 13.2 Å². The Morgan fingerprint density at radius 1 is 1.38 bits per heavy atom. The number of methoxy groups -OCH3 is 1. The summed E-state index contributed by atoms with van der Waals surface area (Å²) in [6.45, 7) is 6.90. The summed E-state index contributed by atoms with van der Waals surface area (Å²) in [4.78, 5) is 20.8. The zero-order chi connectivity index (χ0) is 20.8. The third-order valence-electron chi connectivity index (χ3n) is 5.80. The van der Waals surface area contributed by atoms with E-state index in [0.29, 0.717) is 26.3 Å². The zero-order valence-electron chi connectivity index (χ0n) is 17.4. The average molecular weight is 407 g/mol. The number of halogens is 1. The molecule has 2 saturated heterocycles. The highest BCUT2D eigenvalue weighted by Gasteiger charge is 2.37. The van der Waals surface area contributed by atoms with Crippen LogP contribution in [0.25, 0.3) is 0 Å². The van der Waals surface area contributed by atoms with Crippen molar-refractivity contribution in [2.24, 2.45) is 16.8 Å². The van der Waals surface area contributed by atoms with Gasteiger partial charge in [0.15, 0.2) is 5.96 Å². The van der Waals surface area contributed by atoms with Gasteiger partial charge in [0, 0.05) is 39.8 Å². The van der Waals surface area contributed by atoms with E-state index in [0.717, 1.165) is 31.2 Å². The van der Waals surface area contributed by atoms with Gasteiger partial charge in [0.2, 0.25) is 0 Å². The first-order chi connectivity index (χ1) is 14.0. The van der Waals surface area contributed by atoms with Gasteiger partial charge in [0.05, 0.1) is 32.3 Å². The minimum absolute atomic E-state index is 0.00257. The monoisotopic (exact) mass is 406 g/mol. The summed E-state index contributed by atoms with van der Waals surface area (Å²) in [6, 6.07) is 6.76. The first-order valence-electron chi connectivity index (χ1n) is 10.1. The highest BCUT2D eigenvalue weighted by molar-refractivity contribution is 5.82. The van der Waals surface area contributed by atoms with Crippen LogP contribution in [0, 0.1) is 17.7 Å². The van der Waals surface area contributed by atoms with Crippen molar-refractivity contribution in [3.8, 4) is 0 Å². The van der Waals surface area contributed by atoms with Crippen LogP contribution in [0.3, 0.4) is 0 Å². The van der Waals surface area contributed by atoms with Gasteiger partial charge in [-0.3, -0.25) is 14.7 Å². The van der Waals surface area contributed by atoms with Gasteiger partial charge >= 0.3 is 5.97 Å². The maximum atomic E-state index is 13.9. The highest BCUT2D eigenvalue weighted by Crippen LogP contribution is 2.25. The third kappa shape index (κ3) is 5.25. The number of carbonyl (C=O) groups excluding carboxylic acids is 1. The number of morpholine rings is 1. The maximum Gasteiger partial charge on any atom is 0.310 e. The molecule has 7 nitrogen and oxygen atoms in total. The highest BCUT2D eigenvalue weighted by atomic mass is 19.1. The molecule has 3 atom stereocenters. The summed E-state index contributed by atoms with van der Waals surface area (Å²) in [5.41, 5.74) is 0.928. The maximum absolute atomic E-state index is 13.9. The number of benzene rings is 1. The lowest BCUT2D eigenvalue weighted by Gasteiger charge is -2.35. The van der Waals surface area contributed by atoms with Gasteiger partial charge < -0.3 is 19.7 Å². The van der Waals surface area contributed by atoms with Crippen LogP contribution < -0.4 is 5.32 Å². The Bertz CT molecular complexity index is 724. The Morgan fingerprint density at radius 2 is 2.14 bits per heavy atom. The van der Waals surface area contributed by atoms with Crippen LogP contribution >= 0.6 is 0 Å². The van der Waals surface area contributed by atoms with E-state index >= 15 is 0 Å². The largest absolute Gasteiger partial charge is 0.469 e. The fourth-order valence-electron chi connectivity index (χ4n) is 4.18. The van der Waals surface area contributed by atoms with Crippen molar-refractivity contribution in [3.05, 3.63) is 35.6 Å². The molecule has 0 spiro atoms. The number of carbonyl (C=O) groups is 1. The van der Waals surface area contributed by atoms with E-state index in [1.54, 1.807) is 19.2 Å². The smallest absolute Gasteiger partial charge is 0.310 e. The molecule has 2 aliphatic heterocycles. The molecule has 3 rings (SSSR count). The lowest BCUT2D eigenvalue weighted by Crippen LogP contribution is -2.47. The number of guanidine groups is 1. The number of hydrogen-bond donors (Lipinski definition) is 1. The first-order valence-corrected chi connectivity index (χ1v) is 10.1.